The molecule has 0 saturated carbocycles. The first-order chi connectivity index (χ1) is 6.48. The van der Waals surface area contributed by atoms with Crippen LogP contribution in [0.1, 0.15) is 5.56 Å². The van der Waals surface area contributed by atoms with E-state index in [0.717, 1.165) is 12.1 Å². The molecule has 1 aromatic heterocycles. The Hall–Kier alpha value is -1.04. The average molecular weight is 266 g/mol. The first kappa shape index (κ1) is 9.51. The van der Waals surface area contributed by atoms with E-state index in [1.54, 1.807) is 0 Å². The SMILES string of the molecule is FC(F)(F)c1ccc2c(Br)noc2c1. The zero-order chi connectivity index (χ0) is 10.3. The lowest BCUT2D eigenvalue weighted by molar-refractivity contribution is -0.137. The summed E-state index contributed by atoms with van der Waals surface area (Å²) in [5.74, 6) is 0. The normalized spacial score (nSPS) is 12.3. The fourth-order valence-corrected chi connectivity index (χ4v) is 1.48. The van der Waals surface area contributed by atoms with Crippen molar-refractivity contribution in [2.24, 2.45) is 0 Å². The van der Waals surface area contributed by atoms with Crippen molar-refractivity contribution in [3.05, 3.63) is 28.4 Å². The third kappa shape index (κ3) is 1.50. The summed E-state index contributed by atoms with van der Waals surface area (Å²) in [6.45, 7) is 0. The number of hydrogen-bond acceptors (Lipinski definition) is 2. The van der Waals surface area contributed by atoms with Crippen LogP contribution in [-0.2, 0) is 6.18 Å². The molecular formula is C8H3BrF3NO. The molecule has 0 N–H and O–H groups in total. The summed E-state index contributed by atoms with van der Waals surface area (Å²) in [4.78, 5) is 0. The van der Waals surface area contributed by atoms with Crippen molar-refractivity contribution in [3.63, 3.8) is 0 Å². The Labute approximate surface area is 84.8 Å². The van der Waals surface area contributed by atoms with Gasteiger partial charge in [-0.2, -0.15) is 13.2 Å². The molecule has 1 aromatic carbocycles. The van der Waals surface area contributed by atoms with Gasteiger partial charge in [0.2, 0.25) is 0 Å². The molecule has 0 unspecified atom stereocenters. The molecular weight excluding hydrogens is 263 g/mol. The van der Waals surface area contributed by atoms with Gasteiger partial charge in [0.05, 0.1) is 10.9 Å². The molecule has 1 heterocycles. The molecule has 2 nitrogen and oxygen atoms in total. The van der Waals surface area contributed by atoms with Crippen LogP contribution in [0.5, 0.6) is 0 Å². The summed E-state index contributed by atoms with van der Waals surface area (Å²) in [6.07, 6.45) is -4.35. The van der Waals surface area contributed by atoms with E-state index in [-0.39, 0.29) is 5.58 Å². The molecule has 0 aliphatic rings. The zero-order valence-electron chi connectivity index (χ0n) is 6.60. The van der Waals surface area contributed by atoms with Gasteiger partial charge < -0.3 is 4.52 Å². The van der Waals surface area contributed by atoms with Crippen LogP contribution in [-0.4, -0.2) is 5.16 Å². The highest BCUT2D eigenvalue weighted by molar-refractivity contribution is 9.10. The molecule has 0 radical (unpaired) electrons. The molecule has 14 heavy (non-hydrogen) atoms. The second-order valence-electron chi connectivity index (χ2n) is 2.68. The zero-order valence-corrected chi connectivity index (χ0v) is 8.19. The molecule has 0 spiro atoms. The maximum absolute atomic E-state index is 12.2. The Kier molecular flexibility index (Phi) is 2.02. The second kappa shape index (κ2) is 2.98. The molecule has 74 valence electrons. The maximum atomic E-state index is 12.2. The van der Waals surface area contributed by atoms with E-state index in [1.807, 2.05) is 0 Å². The number of benzene rings is 1. The molecule has 2 rings (SSSR count). The van der Waals surface area contributed by atoms with E-state index in [0.29, 0.717) is 9.99 Å². The average Bonchev–Trinajstić information content (AvgIpc) is 2.46. The Bertz CT molecular complexity index is 477. The number of rotatable bonds is 0. The summed E-state index contributed by atoms with van der Waals surface area (Å²) >= 11 is 3.06. The number of alkyl halides is 3. The van der Waals surface area contributed by atoms with Gasteiger partial charge >= 0.3 is 6.18 Å². The molecule has 0 aliphatic heterocycles. The minimum absolute atomic E-state index is 0.117. The number of nitrogens with zero attached hydrogens (tertiary/aromatic N) is 1. The van der Waals surface area contributed by atoms with Crippen LogP contribution in [0.2, 0.25) is 0 Å². The molecule has 0 amide bonds. The third-order valence-corrected chi connectivity index (χ3v) is 2.33. The second-order valence-corrected chi connectivity index (χ2v) is 3.43. The minimum atomic E-state index is -4.35. The topological polar surface area (TPSA) is 26.0 Å². The number of hydrogen-bond donors (Lipinski definition) is 0. The van der Waals surface area contributed by atoms with E-state index < -0.39 is 11.7 Å². The van der Waals surface area contributed by atoms with Gasteiger partial charge in [-0.25, -0.2) is 0 Å². The molecule has 0 saturated heterocycles. The van der Waals surface area contributed by atoms with Crippen molar-refractivity contribution in [3.8, 4) is 0 Å². The molecule has 0 fully saturated rings. The molecule has 2 aromatic rings. The minimum Gasteiger partial charge on any atom is -0.355 e. The van der Waals surface area contributed by atoms with Crippen LogP contribution in [0.15, 0.2) is 27.3 Å². The van der Waals surface area contributed by atoms with E-state index in [2.05, 4.69) is 25.6 Å². The van der Waals surface area contributed by atoms with Crippen LogP contribution < -0.4 is 0 Å². The van der Waals surface area contributed by atoms with Gasteiger partial charge in [-0.1, -0.05) is 5.16 Å². The monoisotopic (exact) mass is 265 g/mol. The lowest BCUT2D eigenvalue weighted by Gasteiger charge is -2.04. The Balaban J connectivity index is 2.63. The van der Waals surface area contributed by atoms with Crippen molar-refractivity contribution < 1.29 is 17.7 Å². The largest absolute Gasteiger partial charge is 0.416 e. The van der Waals surface area contributed by atoms with Gasteiger partial charge in [-0.3, -0.25) is 0 Å². The van der Waals surface area contributed by atoms with Gasteiger partial charge in [0.15, 0.2) is 10.2 Å². The highest BCUT2D eigenvalue weighted by atomic mass is 79.9. The first-order valence-electron chi connectivity index (χ1n) is 3.60. The van der Waals surface area contributed by atoms with Gasteiger partial charge in [-0.15, -0.1) is 0 Å². The number of fused-ring (bicyclic) bond motifs is 1. The lowest BCUT2D eigenvalue weighted by Crippen LogP contribution is -2.03. The fraction of sp³-hybridized carbons (Fsp3) is 0.125. The van der Waals surface area contributed by atoms with E-state index in [9.17, 15) is 13.2 Å². The third-order valence-electron chi connectivity index (χ3n) is 1.76. The van der Waals surface area contributed by atoms with Gasteiger partial charge in [0, 0.05) is 0 Å². The number of halogens is 4. The Morgan fingerprint density at radius 2 is 2.00 bits per heavy atom. The molecule has 0 bridgehead atoms. The lowest BCUT2D eigenvalue weighted by atomic mass is 10.2. The van der Waals surface area contributed by atoms with Crippen LogP contribution >= 0.6 is 15.9 Å². The van der Waals surface area contributed by atoms with Gasteiger partial charge in [0.1, 0.15) is 0 Å². The van der Waals surface area contributed by atoms with E-state index >= 15 is 0 Å². The van der Waals surface area contributed by atoms with Crippen molar-refractivity contribution in [1.82, 2.24) is 5.16 Å². The quantitative estimate of drug-likeness (QED) is 0.728. The van der Waals surface area contributed by atoms with Crippen molar-refractivity contribution in [2.75, 3.05) is 0 Å². The summed E-state index contributed by atoms with van der Waals surface area (Å²) in [5.41, 5.74) is -0.625. The van der Waals surface area contributed by atoms with Crippen LogP contribution in [0, 0.1) is 0 Å². The van der Waals surface area contributed by atoms with Crippen LogP contribution in [0.25, 0.3) is 11.0 Å². The molecule has 0 aliphatic carbocycles. The Morgan fingerprint density at radius 3 is 2.64 bits per heavy atom. The first-order valence-corrected chi connectivity index (χ1v) is 4.40. The smallest absolute Gasteiger partial charge is 0.355 e. The fourth-order valence-electron chi connectivity index (χ4n) is 1.08. The molecule has 0 atom stereocenters. The van der Waals surface area contributed by atoms with Gasteiger partial charge in [-0.05, 0) is 34.1 Å². The predicted molar refractivity (Wildman–Crippen MR) is 46.7 cm³/mol. The molecule has 6 heteroatoms. The highest BCUT2D eigenvalue weighted by Crippen LogP contribution is 2.33. The van der Waals surface area contributed by atoms with Crippen molar-refractivity contribution in [1.29, 1.82) is 0 Å². The van der Waals surface area contributed by atoms with Gasteiger partial charge in [0.25, 0.3) is 0 Å². The summed E-state index contributed by atoms with van der Waals surface area (Å²) in [7, 11) is 0. The van der Waals surface area contributed by atoms with Crippen molar-refractivity contribution in [2.45, 2.75) is 6.18 Å². The van der Waals surface area contributed by atoms with E-state index in [1.165, 1.54) is 6.07 Å². The summed E-state index contributed by atoms with van der Waals surface area (Å²) < 4.78 is 41.8. The predicted octanol–water partition coefficient (Wildman–Crippen LogP) is 3.61. The van der Waals surface area contributed by atoms with E-state index in [4.69, 9.17) is 0 Å². The summed E-state index contributed by atoms with van der Waals surface area (Å²) in [5, 5.41) is 4.02. The highest BCUT2D eigenvalue weighted by Gasteiger charge is 2.31. The van der Waals surface area contributed by atoms with Crippen LogP contribution in [0.3, 0.4) is 0 Å². The van der Waals surface area contributed by atoms with Crippen molar-refractivity contribution >= 4 is 26.9 Å². The van der Waals surface area contributed by atoms with Crippen LogP contribution in [0.4, 0.5) is 13.2 Å². The number of aromatic nitrogens is 1. The standard InChI is InChI=1S/C8H3BrF3NO/c9-7-5-2-1-4(8(10,11)12)3-6(5)14-13-7/h1-3H. The summed E-state index contributed by atoms with van der Waals surface area (Å²) in [6, 6.07) is 3.23. The Morgan fingerprint density at radius 1 is 1.29 bits per heavy atom. The maximum Gasteiger partial charge on any atom is 0.416 e.